The number of nitrogens with zero attached hydrogens (tertiary/aromatic N) is 3. The molecule has 6 heteroatoms. The van der Waals surface area contributed by atoms with E-state index in [1.165, 1.54) is 0 Å². The molecule has 0 bridgehead atoms. The number of hydrogen-bond donors (Lipinski definition) is 1. The van der Waals surface area contributed by atoms with Gasteiger partial charge in [-0.15, -0.1) is 0 Å². The average molecular weight is 338 g/mol. The average Bonchev–Trinajstić information content (AvgIpc) is 3.26. The summed E-state index contributed by atoms with van der Waals surface area (Å²) in [5.74, 6) is 0.812. The fourth-order valence-electron chi connectivity index (χ4n) is 4.31. The normalized spacial score (nSPS) is 24.6. The zero-order valence-corrected chi connectivity index (χ0v) is 14.5. The lowest BCUT2D eigenvalue weighted by Gasteiger charge is -2.33. The van der Waals surface area contributed by atoms with Gasteiger partial charge in [0, 0.05) is 38.1 Å². The van der Waals surface area contributed by atoms with Crippen LogP contribution in [0.5, 0.6) is 0 Å². The van der Waals surface area contributed by atoms with Gasteiger partial charge < -0.3 is 14.8 Å². The molecule has 0 unspecified atom stereocenters. The molecule has 130 valence electrons. The van der Waals surface area contributed by atoms with Gasteiger partial charge in [-0.3, -0.25) is 9.59 Å². The topological polar surface area (TPSA) is 67.2 Å². The maximum Gasteiger partial charge on any atom is 0.237 e. The lowest BCUT2D eigenvalue weighted by Crippen LogP contribution is -2.43. The van der Waals surface area contributed by atoms with Crippen LogP contribution in [-0.4, -0.2) is 32.8 Å². The van der Waals surface area contributed by atoms with Crippen LogP contribution in [-0.2, 0) is 22.1 Å². The largest absolute Gasteiger partial charge is 0.336 e. The molecule has 0 radical (unpaired) electrons. The van der Waals surface area contributed by atoms with Crippen molar-refractivity contribution in [3.63, 3.8) is 0 Å². The number of carbonyl (C=O) groups is 2. The molecule has 1 spiro atoms. The second kappa shape index (κ2) is 5.72. The summed E-state index contributed by atoms with van der Waals surface area (Å²) in [6, 6.07) is 7.41. The Bertz CT molecular complexity index is 843. The number of aromatic nitrogens is 2. The molecule has 2 aromatic rings. The minimum Gasteiger partial charge on any atom is -0.336 e. The van der Waals surface area contributed by atoms with Gasteiger partial charge in [0.1, 0.15) is 17.3 Å². The van der Waals surface area contributed by atoms with Crippen LogP contribution in [0.4, 0.5) is 5.69 Å². The Labute approximate surface area is 146 Å². The Balaban J connectivity index is 1.89. The molecule has 1 saturated heterocycles. The SMILES string of the molecule is CCCC(=O)N1CC[C@]2(C(=O)Nc3ccccc32)[C@@H]1c1nccn1C. The smallest absolute Gasteiger partial charge is 0.237 e. The highest BCUT2D eigenvalue weighted by Gasteiger charge is 2.60. The van der Waals surface area contributed by atoms with Crippen molar-refractivity contribution in [3.8, 4) is 0 Å². The fourth-order valence-corrected chi connectivity index (χ4v) is 4.31. The highest BCUT2D eigenvalue weighted by atomic mass is 16.2. The molecule has 1 aromatic carbocycles. The number of hydrogen-bond acceptors (Lipinski definition) is 3. The molecule has 2 amide bonds. The summed E-state index contributed by atoms with van der Waals surface area (Å²) in [7, 11) is 1.91. The molecule has 0 aliphatic carbocycles. The zero-order valence-electron chi connectivity index (χ0n) is 14.5. The van der Waals surface area contributed by atoms with E-state index in [1.54, 1.807) is 6.20 Å². The van der Waals surface area contributed by atoms with Crippen LogP contribution in [0.15, 0.2) is 36.7 Å². The van der Waals surface area contributed by atoms with E-state index in [0.29, 0.717) is 19.4 Å². The van der Waals surface area contributed by atoms with Crippen LogP contribution in [0.25, 0.3) is 0 Å². The van der Waals surface area contributed by atoms with E-state index >= 15 is 0 Å². The molecule has 6 nitrogen and oxygen atoms in total. The van der Waals surface area contributed by atoms with Crippen molar-refractivity contribution in [1.29, 1.82) is 0 Å². The molecule has 2 aliphatic heterocycles. The molecular formula is C19H22N4O2. The summed E-state index contributed by atoms with van der Waals surface area (Å²) in [6.45, 7) is 2.56. The van der Waals surface area contributed by atoms with E-state index < -0.39 is 5.41 Å². The number of benzene rings is 1. The lowest BCUT2D eigenvalue weighted by molar-refractivity contribution is -0.133. The third kappa shape index (κ3) is 2.13. The van der Waals surface area contributed by atoms with Crippen molar-refractivity contribution < 1.29 is 9.59 Å². The predicted octanol–water partition coefficient (Wildman–Crippen LogP) is 2.38. The summed E-state index contributed by atoms with van der Waals surface area (Å²) in [6.07, 6.45) is 5.48. The summed E-state index contributed by atoms with van der Waals surface area (Å²) in [5, 5.41) is 3.02. The van der Waals surface area contributed by atoms with Gasteiger partial charge in [0.05, 0.1) is 0 Å². The molecular weight excluding hydrogens is 316 g/mol. The summed E-state index contributed by atoms with van der Waals surface area (Å²) in [4.78, 5) is 32.3. The third-order valence-electron chi connectivity index (χ3n) is 5.47. The first-order chi connectivity index (χ1) is 12.1. The van der Waals surface area contributed by atoms with Crippen molar-refractivity contribution >= 4 is 17.5 Å². The minimum atomic E-state index is -0.765. The second-order valence-corrected chi connectivity index (χ2v) is 6.86. The maximum atomic E-state index is 13.1. The third-order valence-corrected chi connectivity index (χ3v) is 5.47. The molecule has 1 aromatic heterocycles. The van der Waals surface area contributed by atoms with Gasteiger partial charge in [-0.2, -0.15) is 0 Å². The monoisotopic (exact) mass is 338 g/mol. The van der Waals surface area contributed by atoms with Gasteiger partial charge in [0.2, 0.25) is 11.8 Å². The minimum absolute atomic E-state index is 0.0338. The van der Waals surface area contributed by atoms with Crippen LogP contribution >= 0.6 is 0 Å². The molecule has 4 rings (SSSR count). The zero-order chi connectivity index (χ0) is 17.6. The van der Waals surface area contributed by atoms with E-state index in [9.17, 15) is 9.59 Å². The fraction of sp³-hybridized carbons (Fsp3) is 0.421. The molecule has 0 saturated carbocycles. The van der Waals surface area contributed by atoms with Crippen molar-refractivity contribution in [2.45, 2.75) is 37.6 Å². The Morgan fingerprint density at radius 2 is 2.20 bits per heavy atom. The molecule has 25 heavy (non-hydrogen) atoms. The summed E-state index contributed by atoms with van der Waals surface area (Å²) in [5.41, 5.74) is 1.05. The van der Waals surface area contributed by atoms with E-state index in [-0.39, 0.29) is 17.9 Å². The first kappa shape index (κ1) is 15.9. The predicted molar refractivity (Wildman–Crippen MR) is 93.9 cm³/mol. The van der Waals surface area contributed by atoms with Crippen molar-refractivity contribution in [2.75, 3.05) is 11.9 Å². The lowest BCUT2D eigenvalue weighted by atomic mass is 9.74. The maximum absolute atomic E-state index is 13.1. The molecule has 1 fully saturated rings. The van der Waals surface area contributed by atoms with Crippen LogP contribution in [0.2, 0.25) is 0 Å². The number of anilines is 1. The number of likely N-dealkylation sites (tertiary alicyclic amines) is 1. The van der Waals surface area contributed by atoms with Gasteiger partial charge >= 0.3 is 0 Å². The number of fused-ring (bicyclic) bond motifs is 2. The van der Waals surface area contributed by atoms with Crippen LogP contribution < -0.4 is 5.32 Å². The van der Waals surface area contributed by atoms with E-state index in [4.69, 9.17) is 0 Å². The Hall–Kier alpha value is -2.63. The molecule has 1 N–H and O–H groups in total. The van der Waals surface area contributed by atoms with Crippen LogP contribution in [0, 0.1) is 0 Å². The number of aryl methyl sites for hydroxylation is 1. The Morgan fingerprint density at radius 3 is 2.92 bits per heavy atom. The number of imidazole rings is 1. The number of carbonyl (C=O) groups excluding carboxylic acids is 2. The van der Waals surface area contributed by atoms with Gasteiger partial charge in [-0.25, -0.2) is 4.98 Å². The van der Waals surface area contributed by atoms with Crippen molar-refractivity contribution in [1.82, 2.24) is 14.5 Å². The summed E-state index contributed by atoms with van der Waals surface area (Å²) >= 11 is 0. The van der Waals surface area contributed by atoms with Crippen LogP contribution in [0.3, 0.4) is 0 Å². The van der Waals surface area contributed by atoms with Gasteiger partial charge in [-0.05, 0) is 24.5 Å². The van der Waals surface area contributed by atoms with Gasteiger partial charge in [0.15, 0.2) is 0 Å². The molecule has 2 aliphatic rings. The van der Waals surface area contributed by atoms with Gasteiger partial charge in [0.25, 0.3) is 0 Å². The standard InChI is InChI=1S/C19H22N4O2/c1-3-6-15(24)23-11-9-19(16(23)17-20-10-12-22(17)2)13-7-4-5-8-14(13)21-18(19)25/h4-5,7-8,10,12,16H,3,6,9,11H2,1-2H3,(H,21,25)/t16-,19+/m0/s1. The number of rotatable bonds is 3. The highest BCUT2D eigenvalue weighted by molar-refractivity contribution is 6.07. The molecule has 2 atom stereocenters. The van der Waals surface area contributed by atoms with Crippen LogP contribution in [0.1, 0.15) is 43.6 Å². The Kier molecular flexibility index (Phi) is 3.63. The number of nitrogens with one attached hydrogen (secondary N) is 1. The second-order valence-electron chi connectivity index (χ2n) is 6.86. The van der Waals surface area contributed by atoms with E-state index in [1.807, 2.05) is 53.9 Å². The number of para-hydroxylation sites is 1. The van der Waals surface area contributed by atoms with Crippen molar-refractivity contribution in [2.24, 2.45) is 7.05 Å². The Morgan fingerprint density at radius 1 is 1.40 bits per heavy atom. The van der Waals surface area contributed by atoms with E-state index in [0.717, 1.165) is 23.5 Å². The van der Waals surface area contributed by atoms with Gasteiger partial charge in [-0.1, -0.05) is 25.1 Å². The summed E-state index contributed by atoms with van der Waals surface area (Å²) < 4.78 is 1.91. The number of amides is 2. The molecule has 3 heterocycles. The first-order valence-electron chi connectivity index (χ1n) is 8.77. The first-order valence-corrected chi connectivity index (χ1v) is 8.77. The van der Waals surface area contributed by atoms with Crippen molar-refractivity contribution in [3.05, 3.63) is 48.0 Å². The highest BCUT2D eigenvalue weighted by Crippen LogP contribution is 2.54. The van der Waals surface area contributed by atoms with E-state index in [2.05, 4.69) is 10.3 Å². The quantitative estimate of drug-likeness (QED) is 0.934.